The molecule has 0 unspecified atom stereocenters. The summed E-state index contributed by atoms with van der Waals surface area (Å²) in [6.07, 6.45) is 4.26. The van der Waals surface area contributed by atoms with Gasteiger partial charge in [0.2, 0.25) is 0 Å². The molecule has 0 saturated carbocycles. The highest BCUT2D eigenvalue weighted by Gasteiger charge is 2.05. The molecule has 2 nitrogen and oxygen atoms in total. The standard InChI is InChI=1S/C18H16N2S2/c1-3-7-17-15(5-1)13(9-19-17)11-21-22-12-14-10-20-18-8-4-2-6-16(14)18/h1-10,19-20H,11-12H2. The third kappa shape index (κ3) is 2.64. The average Bonchev–Trinajstić information content (AvgIpc) is 3.16. The molecule has 0 aliphatic rings. The van der Waals surface area contributed by atoms with Gasteiger partial charge in [0.25, 0.3) is 0 Å². The Morgan fingerprint density at radius 1 is 0.636 bits per heavy atom. The van der Waals surface area contributed by atoms with Crippen molar-refractivity contribution in [1.82, 2.24) is 9.97 Å². The fraction of sp³-hybridized carbons (Fsp3) is 0.111. The number of fused-ring (bicyclic) bond motifs is 2. The molecule has 0 saturated heterocycles. The SMILES string of the molecule is c1ccc2c(CSSCc3c[nH]c4ccccc34)c[nH]c2c1. The lowest BCUT2D eigenvalue weighted by molar-refractivity contribution is 1.40. The topological polar surface area (TPSA) is 31.6 Å². The summed E-state index contributed by atoms with van der Waals surface area (Å²) in [5.41, 5.74) is 5.21. The van der Waals surface area contributed by atoms with Crippen molar-refractivity contribution in [2.45, 2.75) is 11.5 Å². The first-order chi connectivity index (χ1) is 10.9. The summed E-state index contributed by atoms with van der Waals surface area (Å²) in [6.45, 7) is 0. The Labute approximate surface area is 137 Å². The maximum atomic E-state index is 3.34. The van der Waals surface area contributed by atoms with Gasteiger partial charge in [-0.05, 0) is 23.3 Å². The van der Waals surface area contributed by atoms with Gasteiger partial charge >= 0.3 is 0 Å². The molecule has 0 spiro atoms. The quantitative estimate of drug-likeness (QED) is 0.363. The van der Waals surface area contributed by atoms with E-state index in [0.717, 1.165) is 11.5 Å². The predicted molar refractivity (Wildman–Crippen MR) is 99.2 cm³/mol. The summed E-state index contributed by atoms with van der Waals surface area (Å²) in [4.78, 5) is 6.68. The third-order valence-corrected chi connectivity index (χ3v) is 6.09. The molecule has 0 amide bonds. The van der Waals surface area contributed by atoms with E-state index in [0.29, 0.717) is 0 Å². The first-order valence-electron chi connectivity index (χ1n) is 7.26. The van der Waals surface area contributed by atoms with Crippen molar-refractivity contribution in [3.05, 3.63) is 72.1 Å². The van der Waals surface area contributed by atoms with Crippen LogP contribution >= 0.6 is 21.6 Å². The van der Waals surface area contributed by atoms with Crippen LogP contribution in [0.5, 0.6) is 0 Å². The third-order valence-electron chi connectivity index (χ3n) is 3.86. The van der Waals surface area contributed by atoms with Crippen molar-refractivity contribution in [2.24, 2.45) is 0 Å². The molecule has 4 heteroatoms. The summed E-state index contributed by atoms with van der Waals surface area (Å²) < 4.78 is 0. The first-order valence-corrected chi connectivity index (χ1v) is 9.75. The highest BCUT2D eigenvalue weighted by atomic mass is 33.1. The van der Waals surface area contributed by atoms with E-state index in [1.165, 1.54) is 32.9 Å². The van der Waals surface area contributed by atoms with E-state index in [4.69, 9.17) is 0 Å². The van der Waals surface area contributed by atoms with Crippen molar-refractivity contribution in [1.29, 1.82) is 0 Å². The maximum Gasteiger partial charge on any atom is 0.0457 e. The van der Waals surface area contributed by atoms with Gasteiger partial charge in [-0.1, -0.05) is 58.0 Å². The second-order valence-electron chi connectivity index (χ2n) is 5.24. The number of para-hydroxylation sites is 2. The molecule has 0 aliphatic carbocycles. The molecule has 0 bridgehead atoms. The summed E-state index contributed by atoms with van der Waals surface area (Å²) >= 11 is 0. The Bertz CT molecular complexity index is 831. The fourth-order valence-electron chi connectivity index (χ4n) is 2.71. The van der Waals surface area contributed by atoms with Crippen LogP contribution in [0.4, 0.5) is 0 Å². The lowest BCUT2D eigenvalue weighted by atomic mass is 10.2. The van der Waals surface area contributed by atoms with E-state index in [9.17, 15) is 0 Å². The van der Waals surface area contributed by atoms with E-state index in [1.54, 1.807) is 0 Å². The molecule has 0 fully saturated rings. The minimum Gasteiger partial charge on any atom is -0.361 e. The van der Waals surface area contributed by atoms with Crippen molar-refractivity contribution in [3.63, 3.8) is 0 Å². The Morgan fingerprint density at radius 3 is 1.59 bits per heavy atom. The van der Waals surface area contributed by atoms with Gasteiger partial charge in [0, 0.05) is 45.7 Å². The zero-order valence-electron chi connectivity index (χ0n) is 12.0. The van der Waals surface area contributed by atoms with Gasteiger partial charge in [0.15, 0.2) is 0 Å². The van der Waals surface area contributed by atoms with Crippen LogP contribution in [0.1, 0.15) is 11.1 Å². The number of hydrogen-bond donors (Lipinski definition) is 2. The minimum atomic E-state index is 1.02. The van der Waals surface area contributed by atoms with E-state index in [-0.39, 0.29) is 0 Å². The van der Waals surface area contributed by atoms with Gasteiger partial charge in [-0.2, -0.15) is 0 Å². The monoisotopic (exact) mass is 324 g/mol. The van der Waals surface area contributed by atoms with Crippen LogP contribution in [0.25, 0.3) is 21.8 Å². The zero-order valence-corrected chi connectivity index (χ0v) is 13.6. The molecular formula is C18H16N2S2. The minimum absolute atomic E-state index is 1.02. The highest BCUT2D eigenvalue weighted by Crippen LogP contribution is 2.33. The van der Waals surface area contributed by atoms with Gasteiger partial charge in [0.05, 0.1) is 0 Å². The van der Waals surface area contributed by atoms with Crippen LogP contribution in [0.3, 0.4) is 0 Å². The molecule has 4 rings (SSSR count). The van der Waals surface area contributed by atoms with E-state index >= 15 is 0 Å². The molecule has 4 aromatic rings. The van der Waals surface area contributed by atoms with Crippen LogP contribution in [-0.4, -0.2) is 9.97 Å². The summed E-state index contributed by atoms with van der Waals surface area (Å²) in [6, 6.07) is 17.0. The first kappa shape index (κ1) is 13.9. The van der Waals surface area contributed by atoms with Crippen LogP contribution in [0.2, 0.25) is 0 Å². The second-order valence-corrected chi connectivity index (χ2v) is 7.71. The molecule has 2 aromatic carbocycles. The van der Waals surface area contributed by atoms with Gasteiger partial charge in [-0.15, -0.1) is 0 Å². The number of aromatic amines is 2. The summed E-state index contributed by atoms with van der Waals surface area (Å²) in [5.74, 6) is 2.05. The van der Waals surface area contributed by atoms with Gasteiger partial charge in [0.1, 0.15) is 0 Å². The van der Waals surface area contributed by atoms with Gasteiger partial charge in [-0.25, -0.2) is 0 Å². The van der Waals surface area contributed by atoms with E-state index < -0.39 is 0 Å². The second kappa shape index (κ2) is 6.15. The molecular weight excluding hydrogens is 308 g/mol. The zero-order chi connectivity index (χ0) is 14.8. The molecule has 2 aromatic heterocycles. The number of H-pyrrole nitrogens is 2. The van der Waals surface area contributed by atoms with Crippen molar-refractivity contribution in [2.75, 3.05) is 0 Å². The van der Waals surface area contributed by atoms with Crippen molar-refractivity contribution >= 4 is 43.4 Å². The van der Waals surface area contributed by atoms with E-state index in [2.05, 4.69) is 70.9 Å². The largest absolute Gasteiger partial charge is 0.361 e. The Kier molecular flexibility index (Phi) is 3.87. The average molecular weight is 324 g/mol. The lowest BCUT2D eigenvalue weighted by Gasteiger charge is -2.00. The molecule has 0 aliphatic heterocycles. The normalized spacial score (nSPS) is 11.5. The van der Waals surface area contributed by atoms with Crippen LogP contribution in [0, 0.1) is 0 Å². The molecule has 110 valence electrons. The van der Waals surface area contributed by atoms with Gasteiger partial charge < -0.3 is 9.97 Å². The highest BCUT2D eigenvalue weighted by molar-refractivity contribution is 8.76. The summed E-state index contributed by atoms with van der Waals surface area (Å²) in [5, 5.41) is 2.67. The fourth-order valence-corrected chi connectivity index (χ4v) is 4.87. The van der Waals surface area contributed by atoms with Crippen molar-refractivity contribution < 1.29 is 0 Å². The lowest BCUT2D eigenvalue weighted by Crippen LogP contribution is -1.77. The predicted octanol–water partition coefficient (Wildman–Crippen LogP) is 5.73. The van der Waals surface area contributed by atoms with Crippen LogP contribution in [-0.2, 0) is 11.5 Å². The number of rotatable bonds is 5. The van der Waals surface area contributed by atoms with E-state index in [1.807, 2.05) is 21.6 Å². The molecule has 2 heterocycles. The molecule has 22 heavy (non-hydrogen) atoms. The summed E-state index contributed by atoms with van der Waals surface area (Å²) in [7, 11) is 3.83. The van der Waals surface area contributed by atoms with Crippen molar-refractivity contribution in [3.8, 4) is 0 Å². The Hall–Kier alpha value is -1.78. The molecule has 0 atom stereocenters. The van der Waals surface area contributed by atoms with Crippen LogP contribution in [0.15, 0.2) is 60.9 Å². The maximum absolute atomic E-state index is 3.34. The molecule has 2 N–H and O–H groups in total. The van der Waals surface area contributed by atoms with Gasteiger partial charge in [-0.3, -0.25) is 0 Å². The number of hydrogen-bond acceptors (Lipinski definition) is 2. The molecule has 0 radical (unpaired) electrons. The smallest absolute Gasteiger partial charge is 0.0457 e. The number of aromatic nitrogens is 2. The number of benzene rings is 2. The number of nitrogens with one attached hydrogen (secondary N) is 2. The Morgan fingerprint density at radius 2 is 1.09 bits per heavy atom. The van der Waals surface area contributed by atoms with Crippen LogP contribution < -0.4 is 0 Å². The Balaban J connectivity index is 1.39.